The van der Waals surface area contributed by atoms with E-state index in [1.165, 1.54) is 0 Å². The maximum Gasteiger partial charge on any atom is 0.238 e. The molecule has 0 radical (unpaired) electrons. The number of halogens is 1. The molecule has 3 rings (SSSR count). The third-order valence-electron chi connectivity index (χ3n) is 3.31. The molecule has 0 aliphatic carbocycles. The Hall–Kier alpha value is -1.54. The van der Waals surface area contributed by atoms with Gasteiger partial charge in [-0.1, -0.05) is 12.1 Å². The first-order valence-electron chi connectivity index (χ1n) is 7.32. The standard InChI is InChI=1S/C17H16BrN3OS2/c1-21(9-16(22)20-15-5-3-2-4-14(15)18)8-13-11-24-17(19-13)12-6-7-23-10-12/h2-7,10-11H,8-9H2,1H3,(H,20,22). The lowest BCUT2D eigenvalue weighted by Gasteiger charge is -2.15. The number of nitrogens with one attached hydrogen (secondary N) is 1. The van der Waals surface area contributed by atoms with Crippen LogP contribution in [0.1, 0.15) is 5.69 Å². The summed E-state index contributed by atoms with van der Waals surface area (Å²) in [7, 11) is 1.92. The molecule has 0 unspecified atom stereocenters. The summed E-state index contributed by atoms with van der Waals surface area (Å²) >= 11 is 6.73. The summed E-state index contributed by atoms with van der Waals surface area (Å²) in [5.41, 5.74) is 2.92. The van der Waals surface area contributed by atoms with Crippen molar-refractivity contribution >= 4 is 50.2 Å². The number of thiophene rings is 1. The maximum atomic E-state index is 12.2. The van der Waals surface area contributed by atoms with Crippen LogP contribution < -0.4 is 5.32 Å². The Kier molecular flexibility index (Phi) is 5.78. The Bertz CT molecular complexity index is 817. The number of carbonyl (C=O) groups excluding carboxylic acids is 1. The summed E-state index contributed by atoms with van der Waals surface area (Å²) in [5, 5.41) is 10.1. The molecule has 0 saturated heterocycles. The van der Waals surface area contributed by atoms with Crippen LogP contribution in [0.3, 0.4) is 0 Å². The van der Waals surface area contributed by atoms with Crippen LogP contribution in [0.15, 0.2) is 50.9 Å². The zero-order valence-electron chi connectivity index (χ0n) is 13.0. The number of thiazole rings is 1. The zero-order valence-corrected chi connectivity index (χ0v) is 16.2. The first-order chi connectivity index (χ1) is 11.6. The molecule has 7 heteroatoms. The first-order valence-corrected chi connectivity index (χ1v) is 9.93. The molecule has 24 heavy (non-hydrogen) atoms. The van der Waals surface area contributed by atoms with Gasteiger partial charge in [-0.25, -0.2) is 4.98 Å². The highest BCUT2D eigenvalue weighted by molar-refractivity contribution is 9.10. The molecule has 0 atom stereocenters. The van der Waals surface area contributed by atoms with Gasteiger partial charge in [-0.15, -0.1) is 11.3 Å². The van der Waals surface area contributed by atoms with Crippen LogP contribution in [0.4, 0.5) is 5.69 Å². The van der Waals surface area contributed by atoms with Gasteiger partial charge in [-0.2, -0.15) is 11.3 Å². The number of anilines is 1. The number of benzene rings is 1. The monoisotopic (exact) mass is 421 g/mol. The largest absolute Gasteiger partial charge is 0.324 e. The van der Waals surface area contributed by atoms with E-state index >= 15 is 0 Å². The van der Waals surface area contributed by atoms with Crippen LogP contribution in [-0.4, -0.2) is 29.4 Å². The van der Waals surface area contributed by atoms with Crippen molar-refractivity contribution in [3.05, 3.63) is 56.6 Å². The lowest BCUT2D eigenvalue weighted by atomic mass is 10.3. The summed E-state index contributed by atoms with van der Waals surface area (Å²) in [5.74, 6) is -0.0438. The van der Waals surface area contributed by atoms with E-state index in [1.54, 1.807) is 22.7 Å². The minimum absolute atomic E-state index is 0.0438. The van der Waals surface area contributed by atoms with Gasteiger partial charge in [-0.05, 0) is 46.6 Å². The van der Waals surface area contributed by atoms with Gasteiger partial charge < -0.3 is 5.32 Å². The van der Waals surface area contributed by atoms with Crippen LogP contribution >= 0.6 is 38.6 Å². The number of rotatable bonds is 6. The highest BCUT2D eigenvalue weighted by Crippen LogP contribution is 2.26. The number of aromatic nitrogens is 1. The van der Waals surface area contributed by atoms with Crippen LogP contribution in [0.2, 0.25) is 0 Å². The number of hydrogen-bond donors (Lipinski definition) is 1. The second-order valence-electron chi connectivity index (χ2n) is 5.36. The fourth-order valence-electron chi connectivity index (χ4n) is 2.23. The SMILES string of the molecule is CN(CC(=O)Nc1ccccc1Br)Cc1csc(-c2ccsc2)n1. The molecule has 3 aromatic rings. The predicted octanol–water partition coefficient (Wildman–Crippen LogP) is 4.70. The van der Waals surface area contributed by atoms with Gasteiger partial charge in [0.2, 0.25) is 5.91 Å². The number of para-hydroxylation sites is 1. The molecule has 4 nitrogen and oxygen atoms in total. The van der Waals surface area contributed by atoms with E-state index < -0.39 is 0 Å². The topological polar surface area (TPSA) is 45.2 Å². The Morgan fingerprint density at radius 3 is 2.88 bits per heavy atom. The Balaban J connectivity index is 1.55. The summed E-state index contributed by atoms with van der Waals surface area (Å²) in [4.78, 5) is 18.8. The molecule has 0 saturated carbocycles. The number of amides is 1. The average Bonchev–Trinajstić information content (AvgIpc) is 3.20. The summed E-state index contributed by atoms with van der Waals surface area (Å²) in [6.45, 7) is 0.955. The van der Waals surface area contributed by atoms with Crippen molar-refractivity contribution in [2.24, 2.45) is 0 Å². The van der Waals surface area contributed by atoms with Crippen molar-refractivity contribution in [3.63, 3.8) is 0 Å². The molecular weight excluding hydrogens is 406 g/mol. The van der Waals surface area contributed by atoms with Gasteiger partial charge in [0.15, 0.2) is 0 Å². The molecule has 1 amide bonds. The lowest BCUT2D eigenvalue weighted by molar-refractivity contribution is -0.117. The summed E-state index contributed by atoms with van der Waals surface area (Å²) in [6.07, 6.45) is 0. The van der Waals surface area contributed by atoms with E-state index in [4.69, 9.17) is 0 Å². The average molecular weight is 422 g/mol. The van der Waals surface area contributed by atoms with Gasteiger partial charge in [0, 0.05) is 27.3 Å². The van der Waals surface area contributed by atoms with Gasteiger partial charge in [0.25, 0.3) is 0 Å². The van der Waals surface area contributed by atoms with Crippen molar-refractivity contribution < 1.29 is 4.79 Å². The molecule has 0 spiro atoms. The number of likely N-dealkylation sites (N-methyl/N-ethyl adjacent to an activating group) is 1. The smallest absolute Gasteiger partial charge is 0.238 e. The third kappa shape index (κ3) is 4.51. The third-order valence-corrected chi connectivity index (χ3v) is 5.63. The van der Waals surface area contributed by atoms with Crippen molar-refractivity contribution in [2.45, 2.75) is 6.54 Å². The van der Waals surface area contributed by atoms with Crippen molar-refractivity contribution in [3.8, 4) is 10.6 Å². The minimum atomic E-state index is -0.0438. The van der Waals surface area contributed by atoms with Crippen molar-refractivity contribution in [2.75, 3.05) is 18.9 Å². The molecular formula is C17H16BrN3OS2. The van der Waals surface area contributed by atoms with Crippen LogP contribution in [-0.2, 0) is 11.3 Å². The van der Waals surface area contributed by atoms with Crippen LogP contribution in [0, 0.1) is 0 Å². The molecule has 0 aliphatic heterocycles. The van der Waals surface area contributed by atoms with E-state index in [2.05, 4.69) is 48.4 Å². The summed E-state index contributed by atoms with van der Waals surface area (Å²) < 4.78 is 0.876. The number of nitrogens with zero attached hydrogens (tertiary/aromatic N) is 2. The molecule has 124 valence electrons. The molecule has 2 heterocycles. The fraction of sp³-hybridized carbons (Fsp3) is 0.176. The first kappa shape index (κ1) is 17.3. The molecule has 1 N–H and O–H groups in total. The molecule has 0 bridgehead atoms. The van der Waals surface area contributed by atoms with E-state index in [1.807, 2.05) is 36.2 Å². The van der Waals surface area contributed by atoms with Gasteiger partial charge in [0.05, 0.1) is 17.9 Å². The van der Waals surface area contributed by atoms with Crippen molar-refractivity contribution in [1.82, 2.24) is 9.88 Å². The Morgan fingerprint density at radius 1 is 1.29 bits per heavy atom. The lowest BCUT2D eigenvalue weighted by Crippen LogP contribution is -2.30. The highest BCUT2D eigenvalue weighted by Gasteiger charge is 2.11. The normalized spacial score (nSPS) is 11.0. The van der Waals surface area contributed by atoms with Crippen molar-refractivity contribution in [1.29, 1.82) is 0 Å². The second-order valence-corrected chi connectivity index (χ2v) is 7.85. The van der Waals surface area contributed by atoms with Crippen LogP contribution in [0.5, 0.6) is 0 Å². The summed E-state index contributed by atoms with van der Waals surface area (Å²) in [6, 6.07) is 9.66. The maximum absolute atomic E-state index is 12.2. The van der Waals surface area contributed by atoms with E-state index in [9.17, 15) is 4.79 Å². The molecule has 0 fully saturated rings. The molecule has 1 aromatic carbocycles. The molecule has 0 aliphatic rings. The van der Waals surface area contributed by atoms with Gasteiger partial charge in [0.1, 0.15) is 5.01 Å². The molecule has 2 aromatic heterocycles. The van der Waals surface area contributed by atoms with E-state index in [0.29, 0.717) is 13.1 Å². The quantitative estimate of drug-likeness (QED) is 0.626. The minimum Gasteiger partial charge on any atom is -0.324 e. The highest BCUT2D eigenvalue weighted by atomic mass is 79.9. The van der Waals surface area contributed by atoms with E-state index in [-0.39, 0.29) is 5.91 Å². The van der Waals surface area contributed by atoms with E-state index in [0.717, 1.165) is 26.4 Å². The fourth-order valence-corrected chi connectivity index (χ4v) is 4.14. The Labute approximate surface area is 157 Å². The predicted molar refractivity (Wildman–Crippen MR) is 105 cm³/mol. The van der Waals surface area contributed by atoms with Crippen LogP contribution in [0.25, 0.3) is 10.6 Å². The Morgan fingerprint density at radius 2 is 2.12 bits per heavy atom. The number of carbonyl (C=O) groups is 1. The zero-order chi connectivity index (χ0) is 16.9. The van der Waals surface area contributed by atoms with Gasteiger partial charge in [-0.3, -0.25) is 9.69 Å². The van der Waals surface area contributed by atoms with Gasteiger partial charge >= 0.3 is 0 Å². The number of hydrogen-bond acceptors (Lipinski definition) is 5. The second kappa shape index (κ2) is 8.02.